The minimum absolute atomic E-state index is 0.0132. The zero-order chi connectivity index (χ0) is 16.8. The van der Waals surface area contributed by atoms with Crippen LogP contribution >= 0.6 is 11.6 Å². The molecule has 0 fully saturated rings. The monoisotopic (exact) mass is 337 g/mol. The van der Waals surface area contributed by atoms with E-state index >= 15 is 0 Å². The molecule has 0 aromatic heterocycles. The highest BCUT2D eigenvalue weighted by molar-refractivity contribution is 6.30. The Morgan fingerprint density at radius 2 is 1.33 bits per heavy atom. The van der Waals surface area contributed by atoms with Gasteiger partial charge in [-0.25, -0.2) is 0 Å². The molecular formula is C21H20ClNO. The van der Waals surface area contributed by atoms with Crippen LogP contribution < -0.4 is 5.32 Å². The molecular weight excluding hydrogens is 318 g/mol. The Bertz CT molecular complexity index is 744. The molecule has 0 saturated heterocycles. The number of anilines is 1. The fourth-order valence-electron chi connectivity index (χ4n) is 2.74. The average molecular weight is 338 g/mol. The van der Waals surface area contributed by atoms with E-state index in [1.54, 1.807) is 0 Å². The van der Waals surface area contributed by atoms with Crippen LogP contribution in [-0.2, 0) is 0 Å². The van der Waals surface area contributed by atoms with Crippen LogP contribution in [0.4, 0.5) is 5.69 Å². The SMILES string of the molecule is OC(CC(Nc1ccccc1)c1ccccc1)c1ccc(Cl)cc1. The smallest absolute Gasteiger partial charge is 0.0813 e. The number of rotatable bonds is 6. The second-order valence-corrected chi connectivity index (χ2v) is 6.21. The Morgan fingerprint density at radius 1 is 0.750 bits per heavy atom. The molecule has 0 aliphatic heterocycles. The van der Waals surface area contributed by atoms with Crippen LogP contribution in [0.15, 0.2) is 84.9 Å². The molecule has 3 aromatic carbocycles. The predicted molar refractivity (Wildman–Crippen MR) is 100 cm³/mol. The Kier molecular flexibility index (Phi) is 5.52. The van der Waals surface area contributed by atoms with Gasteiger partial charge in [0.2, 0.25) is 0 Å². The normalized spacial score (nSPS) is 13.2. The number of hydrogen-bond acceptors (Lipinski definition) is 2. The molecule has 0 aliphatic rings. The summed E-state index contributed by atoms with van der Waals surface area (Å²) in [5.41, 5.74) is 3.05. The van der Waals surface area contributed by atoms with E-state index in [1.807, 2.05) is 72.8 Å². The molecule has 2 N–H and O–H groups in total. The highest BCUT2D eigenvalue weighted by Crippen LogP contribution is 2.30. The maximum Gasteiger partial charge on any atom is 0.0813 e. The minimum atomic E-state index is -0.566. The first kappa shape index (κ1) is 16.6. The van der Waals surface area contributed by atoms with E-state index in [4.69, 9.17) is 11.6 Å². The van der Waals surface area contributed by atoms with Gasteiger partial charge in [-0.3, -0.25) is 0 Å². The standard InChI is InChI=1S/C21H20ClNO/c22-18-13-11-17(12-14-18)21(24)15-20(16-7-3-1-4-8-16)23-19-9-5-2-6-10-19/h1-14,20-21,23-24H,15H2. The maximum atomic E-state index is 10.6. The molecule has 0 bridgehead atoms. The number of hydrogen-bond donors (Lipinski definition) is 2. The molecule has 0 amide bonds. The second kappa shape index (κ2) is 8.00. The lowest BCUT2D eigenvalue weighted by molar-refractivity contribution is 0.160. The van der Waals surface area contributed by atoms with Crippen molar-refractivity contribution < 1.29 is 5.11 Å². The van der Waals surface area contributed by atoms with Crippen molar-refractivity contribution in [2.24, 2.45) is 0 Å². The average Bonchev–Trinajstić information content (AvgIpc) is 2.63. The van der Waals surface area contributed by atoms with E-state index in [0.29, 0.717) is 11.4 Å². The van der Waals surface area contributed by atoms with E-state index < -0.39 is 6.10 Å². The second-order valence-electron chi connectivity index (χ2n) is 5.78. The van der Waals surface area contributed by atoms with Crippen LogP contribution in [-0.4, -0.2) is 5.11 Å². The van der Waals surface area contributed by atoms with Gasteiger partial charge in [-0.05, 0) is 35.4 Å². The maximum absolute atomic E-state index is 10.6. The van der Waals surface area contributed by atoms with Gasteiger partial charge in [-0.15, -0.1) is 0 Å². The van der Waals surface area contributed by atoms with Crippen molar-refractivity contribution in [3.8, 4) is 0 Å². The van der Waals surface area contributed by atoms with Crippen LogP contribution in [0.25, 0.3) is 0 Å². The third-order valence-electron chi connectivity index (χ3n) is 4.03. The Balaban J connectivity index is 1.80. The lowest BCUT2D eigenvalue weighted by atomic mass is 9.96. The number of halogens is 1. The lowest BCUT2D eigenvalue weighted by Gasteiger charge is -2.23. The highest BCUT2D eigenvalue weighted by atomic mass is 35.5. The molecule has 0 spiro atoms. The summed E-state index contributed by atoms with van der Waals surface area (Å²) in [6.07, 6.45) is 0.00395. The molecule has 0 heterocycles. The quantitative estimate of drug-likeness (QED) is 0.612. The third-order valence-corrected chi connectivity index (χ3v) is 4.28. The van der Waals surface area contributed by atoms with Gasteiger partial charge < -0.3 is 10.4 Å². The summed E-state index contributed by atoms with van der Waals surface area (Å²) in [6, 6.07) is 27.6. The summed E-state index contributed by atoms with van der Waals surface area (Å²) in [5.74, 6) is 0. The molecule has 0 aliphatic carbocycles. The lowest BCUT2D eigenvalue weighted by Crippen LogP contribution is -2.14. The van der Waals surface area contributed by atoms with Gasteiger partial charge in [0.15, 0.2) is 0 Å². The van der Waals surface area contributed by atoms with Crippen LogP contribution in [0.2, 0.25) is 5.02 Å². The Labute approximate surface area is 147 Å². The van der Waals surface area contributed by atoms with Crippen molar-refractivity contribution in [1.29, 1.82) is 0 Å². The summed E-state index contributed by atoms with van der Waals surface area (Å²) in [5, 5.41) is 14.8. The summed E-state index contributed by atoms with van der Waals surface area (Å²) in [4.78, 5) is 0. The predicted octanol–water partition coefficient (Wildman–Crippen LogP) is 5.62. The van der Waals surface area contributed by atoms with Gasteiger partial charge in [0.25, 0.3) is 0 Å². The Hall–Kier alpha value is -2.29. The first-order valence-electron chi connectivity index (χ1n) is 8.02. The summed E-state index contributed by atoms with van der Waals surface area (Å²) < 4.78 is 0. The minimum Gasteiger partial charge on any atom is -0.388 e. The van der Waals surface area contributed by atoms with Gasteiger partial charge in [-0.2, -0.15) is 0 Å². The molecule has 2 unspecified atom stereocenters. The van der Waals surface area contributed by atoms with Crippen molar-refractivity contribution in [2.75, 3.05) is 5.32 Å². The van der Waals surface area contributed by atoms with Gasteiger partial charge >= 0.3 is 0 Å². The van der Waals surface area contributed by atoms with Crippen LogP contribution in [0.1, 0.15) is 29.7 Å². The highest BCUT2D eigenvalue weighted by Gasteiger charge is 2.18. The van der Waals surface area contributed by atoms with E-state index in [9.17, 15) is 5.11 Å². The molecule has 2 atom stereocenters. The summed E-state index contributed by atoms with van der Waals surface area (Å²) >= 11 is 5.93. The van der Waals surface area contributed by atoms with E-state index in [1.165, 1.54) is 0 Å². The third kappa shape index (κ3) is 4.38. The van der Waals surface area contributed by atoms with Gasteiger partial charge in [0.1, 0.15) is 0 Å². The zero-order valence-electron chi connectivity index (χ0n) is 13.3. The van der Waals surface area contributed by atoms with Gasteiger partial charge in [0, 0.05) is 17.1 Å². The van der Waals surface area contributed by atoms with Gasteiger partial charge in [0.05, 0.1) is 12.1 Å². The van der Waals surface area contributed by atoms with Crippen molar-refractivity contribution in [3.63, 3.8) is 0 Å². The van der Waals surface area contributed by atoms with Crippen molar-refractivity contribution >= 4 is 17.3 Å². The molecule has 24 heavy (non-hydrogen) atoms. The van der Waals surface area contributed by atoms with E-state index in [-0.39, 0.29) is 6.04 Å². The number of para-hydroxylation sites is 1. The van der Waals surface area contributed by atoms with Crippen molar-refractivity contribution in [1.82, 2.24) is 0 Å². The zero-order valence-corrected chi connectivity index (χ0v) is 14.0. The fourth-order valence-corrected chi connectivity index (χ4v) is 2.87. The van der Waals surface area contributed by atoms with Crippen molar-refractivity contribution in [2.45, 2.75) is 18.6 Å². The summed E-state index contributed by atoms with van der Waals surface area (Å²) in [7, 11) is 0. The fraction of sp³-hybridized carbons (Fsp3) is 0.143. The number of aliphatic hydroxyl groups excluding tert-OH is 1. The van der Waals surface area contributed by atoms with Crippen LogP contribution in [0.5, 0.6) is 0 Å². The molecule has 3 rings (SSSR count). The summed E-state index contributed by atoms with van der Waals surface area (Å²) in [6.45, 7) is 0. The molecule has 0 saturated carbocycles. The first-order valence-corrected chi connectivity index (χ1v) is 8.40. The molecule has 0 radical (unpaired) electrons. The molecule has 122 valence electrons. The van der Waals surface area contributed by atoms with Crippen LogP contribution in [0.3, 0.4) is 0 Å². The number of aliphatic hydroxyl groups is 1. The number of nitrogens with one attached hydrogen (secondary N) is 1. The van der Waals surface area contributed by atoms with Crippen LogP contribution in [0, 0.1) is 0 Å². The largest absolute Gasteiger partial charge is 0.388 e. The van der Waals surface area contributed by atoms with Gasteiger partial charge in [-0.1, -0.05) is 72.3 Å². The first-order chi connectivity index (χ1) is 11.7. The molecule has 3 aromatic rings. The Morgan fingerprint density at radius 3 is 1.96 bits per heavy atom. The van der Waals surface area contributed by atoms with E-state index in [0.717, 1.165) is 16.8 Å². The van der Waals surface area contributed by atoms with E-state index in [2.05, 4.69) is 17.4 Å². The molecule has 3 heteroatoms. The topological polar surface area (TPSA) is 32.3 Å². The molecule has 2 nitrogen and oxygen atoms in total. The van der Waals surface area contributed by atoms with Crippen molar-refractivity contribution in [3.05, 3.63) is 101 Å². The number of benzene rings is 3.